The van der Waals surface area contributed by atoms with Gasteiger partial charge in [0.15, 0.2) is 0 Å². The summed E-state index contributed by atoms with van der Waals surface area (Å²) in [4.78, 5) is 4.45. The molecule has 0 atom stereocenters. The van der Waals surface area contributed by atoms with Crippen LogP contribution in [0.15, 0.2) is 18.2 Å². The second-order valence-corrected chi connectivity index (χ2v) is 6.37. The third kappa shape index (κ3) is 4.40. The summed E-state index contributed by atoms with van der Waals surface area (Å²) in [5.41, 5.74) is 10.9. The van der Waals surface area contributed by atoms with Crippen molar-refractivity contribution in [1.82, 2.24) is 4.98 Å². The van der Waals surface area contributed by atoms with Gasteiger partial charge < -0.3 is 15.2 Å². The van der Waals surface area contributed by atoms with E-state index in [4.69, 9.17) is 15.2 Å². The van der Waals surface area contributed by atoms with E-state index in [1.165, 1.54) is 5.56 Å². The minimum atomic E-state index is 0.413. The standard InChI is InChI=1S/C20H28N2O2/c1-6-7-8-9-23-17-12-16(5)22-20(18(17)21)24-19-14(3)10-13(2)11-15(19)4/h10-12H,6-9,21H2,1-5H3. The lowest BCUT2D eigenvalue weighted by Crippen LogP contribution is -2.05. The number of unbranched alkanes of at least 4 members (excludes halogenated alkanes) is 2. The van der Waals surface area contributed by atoms with Crippen LogP contribution in [-0.4, -0.2) is 11.6 Å². The number of hydrogen-bond acceptors (Lipinski definition) is 4. The summed E-state index contributed by atoms with van der Waals surface area (Å²) >= 11 is 0. The summed E-state index contributed by atoms with van der Waals surface area (Å²) in [6.07, 6.45) is 3.33. The predicted octanol–water partition coefficient (Wildman–Crippen LogP) is 5.26. The molecule has 0 saturated heterocycles. The van der Waals surface area contributed by atoms with Gasteiger partial charge in [0.05, 0.1) is 6.61 Å². The molecule has 0 spiro atoms. The molecule has 130 valence electrons. The van der Waals surface area contributed by atoms with E-state index in [2.05, 4.69) is 31.0 Å². The van der Waals surface area contributed by atoms with Gasteiger partial charge in [0, 0.05) is 11.8 Å². The average molecular weight is 328 g/mol. The summed E-state index contributed by atoms with van der Waals surface area (Å²) in [6, 6.07) is 6.05. The smallest absolute Gasteiger partial charge is 0.246 e. The third-order valence-electron chi connectivity index (χ3n) is 3.92. The number of pyridine rings is 1. The van der Waals surface area contributed by atoms with E-state index in [1.54, 1.807) is 0 Å². The van der Waals surface area contributed by atoms with Crippen molar-refractivity contribution in [2.45, 2.75) is 53.9 Å². The summed E-state index contributed by atoms with van der Waals surface area (Å²) in [7, 11) is 0. The van der Waals surface area contributed by atoms with Crippen molar-refractivity contribution in [2.24, 2.45) is 0 Å². The molecular formula is C20H28N2O2. The number of benzene rings is 1. The summed E-state index contributed by atoms with van der Waals surface area (Å²) in [5, 5.41) is 0. The number of rotatable bonds is 7. The Morgan fingerprint density at radius 2 is 1.67 bits per heavy atom. The Labute approximate surface area is 145 Å². The van der Waals surface area contributed by atoms with Crippen LogP contribution in [0, 0.1) is 27.7 Å². The molecule has 0 aliphatic rings. The molecule has 4 heteroatoms. The molecule has 1 aromatic heterocycles. The zero-order valence-electron chi connectivity index (χ0n) is 15.4. The quantitative estimate of drug-likeness (QED) is 0.704. The Kier molecular flexibility index (Phi) is 6.07. The topological polar surface area (TPSA) is 57.4 Å². The van der Waals surface area contributed by atoms with Crippen molar-refractivity contribution in [1.29, 1.82) is 0 Å². The fourth-order valence-electron chi connectivity index (χ4n) is 2.78. The predicted molar refractivity (Wildman–Crippen MR) is 99.1 cm³/mol. The molecular weight excluding hydrogens is 300 g/mol. The van der Waals surface area contributed by atoms with Crippen molar-refractivity contribution in [3.63, 3.8) is 0 Å². The second-order valence-electron chi connectivity index (χ2n) is 6.37. The van der Waals surface area contributed by atoms with Crippen LogP contribution in [0.25, 0.3) is 0 Å². The highest BCUT2D eigenvalue weighted by atomic mass is 16.5. The molecule has 0 saturated carbocycles. The van der Waals surface area contributed by atoms with Crippen LogP contribution in [-0.2, 0) is 0 Å². The molecule has 0 aliphatic heterocycles. The number of nitrogens with zero attached hydrogens (tertiary/aromatic N) is 1. The highest BCUT2D eigenvalue weighted by Gasteiger charge is 2.14. The van der Waals surface area contributed by atoms with Crippen molar-refractivity contribution >= 4 is 5.69 Å². The van der Waals surface area contributed by atoms with E-state index in [9.17, 15) is 0 Å². The molecule has 2 rings (SSSR count). The fourth-order valence-corrected chi connectivity index (χ4v) is 2.78. The van der Waals surface area contributed by atoms with E-state index in [1.807, 2.05) is 26.8 Å². The van der Waals surface area contributed by atoms with Gasteiger partial charge in [0.2, 0.25) is 5.88 Å². The van der Waals surface area contributed by atoms with E-state index in [-0.39, 0.29) is 0 Å². The van der Waals surface area contributed by atoms with Gasteiger partial charge in [-0.25, -0.2) is 4.98 Å². The van der Waals surface area contributed by atoms with Crippen LogP contribution >= 0.6 is 0 Å². The first kappa shape index (κ1) is 18.1. The summed E-state index contributed by atoms with van der Waals surface area (Å²) < 4.78 is 11.9. The maximum absolute atomic E-state index is 6.23. The number of anilines is 1. The number of nitrogens with two attached hydrogens (primary N) is 1. The maximum atomic E-state index is 6.23. The molecule has 2 aromatic rings. The Hall–Kier alpha value is -2.23. The van der Waals surface area contributed by atoms with E-state index < -0.39 is 0 Å². The molecule has 0 unspecified atom stereocenters. The Balaban J connectivity index is 2.26. The first-order valence-electron chi connectivity index (χ1n) is 8.58. The molecule has 1 aromatic carbocycles. The van der Waals surface area contributed by atoms with Crippen molar-refractivity contribution in [3.8, 4) is 17.4 Å². The monoisotopic (exact) mass is 328 g/mol. The van der Waals surface area contributed by atoms with Gasteiger partial charge >= 0.3 is 0 Å². The Bertz CT molecular complexity index is 688. The summed E-state index contributed by atoms with van der Waals surface area (Å²) in [6.45, 7) is 10.9. The largest absolute Gasteiger partial charge is 0.491 e. The molecule has 0 fully saturated rings. The minimum absolute atomic E-state index is 0.413. The van der Waals surface area contributed by atoms with Crippen molar-refractivity contribution in [3.05, 3.63) is 40.6 Å². The van der Waals surface area contributed by atoms with Crippen LogP contribution in [0.5, 0.6) is 17.4 Å². The van der Waals surface area contributed by atoms with Crippen LogP contribution in [0.2, 0.25) is 0 Å². The first-order chi connectivity index (χ1) is 11.4. The first-order valence-corrected chi connectivity index (χ1v) is 8.58. The average Bonchev–Trinajstić information content (AvgIpc) is 2.51. The maximum Gasteiger partial charge on any atom is 0.246 e. The lowest BCUT2D eigenvalue weighted by Gasteiger charge is -2.16. The van der Waals surface area contributed by atoms with Gasteiger partial charge in [-0.15, -0.1) is 0 Å². The Morgan fingerprint density at radius 1 is 1.00 bits per heavy atom. The highest BCUT2D eigenvalue weighted by molar-refractivity contribution is 5.62. The van der Waals surface area contributed by atoms with Gasteiger partial charge in [-0.2, -0.15) is 0 Å². The van der Waals surface area contributed by atoms with Crippen molar-refractivity contribution < 1.29 is 9.47 Å². The van der Waals surface area contributed by atoms with Crippen molar-refractivity contribution in [2.75, 3.05) is 12.3 Å². The van der Waals surface area contributed by atoms with Gasteiger partial charge in [0.1, 0.15) is 17.2 Å². The zero-order chi connectivity index (χ0) is 17.7. The molecule has 0 radical (unpaired) electrons. The van der Waals surface area contributed by atoms with Gasteiger partial charge in [-0.3, -0.25) is 0 Å². The van der Waals surface area contributed by atoms with Gasteiger partial charge in [-0.05, 0) is 45.2 Å². The molecule has 1 heterocycles. The van der Waals surface area contributed by atoms with Crippen LogP contribution in [0.3, 0.4) is 0 Å². The van der Waals surface area contributed by atoms with E-state index in [0.717, 1.165) is 41.8 Å². The minimum Gasteiger partial charge on any atom is -0.491 e. The normalized spacial score (nSPS) is 10.7. The van der Waals surface area contributed by atoms with Gasteiger partial charge in [0.25, 0.3) is 0 Å². The molecule has 0 bridgehead atoms. The van der Waals surface area contributed by atoms with Crippen LogP contribution in [0.1, 0.15) is 48.6 Å². The molecule has 2 N–H and O–H groups in total. The zero-order valence-corrected chi connectivity index (χ0v) is 15.4. The van der Waals surface area contributed by atoms with Gasteiger partial charge in [-0.1, -0.05) is 37.5 Å². The number of nitrogen functional groups attached to an aromatic ring is 1. The van der Waals surface area contributed by atoms with E-state index >= 15 is 0 Å². The Morgan fingerprint density at radius 3 is 2.29 bits per heavy atom. The molecule has 0 aliphatic carbocycles. The molecule has 4 nitrogen and oxygen atoms in total. The van der Waals surface area contributed by atoms with Crippen LogP contribution < -0.4 is 15.2 Å². The molecule has 24 heavy (non-hydrogen) atoms. The summed E-state index contributed by atoms with van der Waals surface area (Å²) in [5.74, 6) is 1.87. The second kappa shape index (κ2) is 8.04. The lowest BCUT2D eigenvalue weighted by atomic mass is 10.1. The SMILES string of the molecule is CCCCCOc1cc(C)nc(Oc2c(C)cc(C)cc2C)c1N. The fraction of sp³-hybridized carbons (Fsp3) is 0.450. The number of ether oxygens (including phenoxy) is 2. The number of hydrogen-bond donors (Lipinski definition) is 1. The number of aryl methyl sites for hydroxylation is 4. The number of aromatic nitrogens is 1. The molecule has 0 amide bonds. The third-order valence-corrected chi connectivity index (χ3v) is 3.92. The highest BCUT2D eigenvalue weighted by Crippen LogP contribution is 2.36. The lowest BCUT2D eigenvalue weighted by molar-refractivity contribution is 0.305. The van der Waals surface area contributed by atoms with E-state index in [0.29, 0.717) is 23.9 Å². The van der Waals surface area contributed by atoms with Crippen LogP contribution in [0.4, 0.5) is 5.69 Å².